The van der Waals surface area contributed by atoms with Gasteiger partial charge in [0, 0.05) is 6.42 Å². The van der Waals surface area contributed by atoms with Crippen LogP contribution in [0.3, 0.4) is 0 Å². The molecule has 7 heteroatoms. The van der Waals surface area contributed by atoms with E-state index in [-0.39, 0.29) is 11.3 Å². The van der Waals surface area contributed by atoms with Crippen LogP contribution in [-0.4, -0.2) is 16.1 Å². The minimum Gasteiger partial charge on any atom is -0.477 e. The normalized spacial score (nSPS) is 11.6. The quantitative estimate of drug-likeness (QED) is 0.927. The Morgan fingerprint density at radius 1 is 1.38 bits per heavy atom. The van der Waals surface area contributed by atoms with E-state index in [0.29, 0.717) is 22.7 Å². The van der Waals surface area contributed by atoms with Gasteiger partial charge in [-0.25, -0.2) is 9.78 Å². The molecule has 1 aromatic carbocycles. The van der Waals surface area contributed by atoms with Gasteiger partial charge in [-0.2, -0.15) is 13.2 Å². The van der Waals surface area contributed by atoms with Gasteiger partial charge in [0.25, 0.3) is 0 Å². The number of hydrogen-bond acceptors (Lipinski definition) is 3. The first-order chi connectivity index (χ1) is 9.81. The van der Waals surface area contributed by atoms with Crippen molar-refractivity contribution in [2.24, 2.45) is 0 Å². The Bertz CT molecular complexity index is 664. The van der Waals surface area contributed by atoms with Gasteiger partial charge in [0.15, 0.2) is 0 Å². The van der Waals surface area contributed by atoms with Crippen molar-refractivity contribution in [3.63, 3.8) is 0 Å². The number of carboxylic acid groups (broad SMARTS) is 1. The first-order valence-corrected chi connectivity index (χ1v) is 7.01. The number of aromatic nitrogens is 1. The molecule has 0 fully saturated rings. The lowest BCUT2D eigenvalue weighted by molar-refractivity contribution is -0.137. The maximum absolute atomic E-state index is 12.6. The SMILES string of the molecule is CCc1nc(Cc2cccc(C(F)(F)F)c2)sc1C(=O)O. The molecule has 0 aliphatic rings. The van der Waals surface area contributed by atoms with E-state index in [0.717, 1.165) is 23.5 Å². The molecule has 0 unspecified atom stereocenters. The molecule has 0 radical (unpaired) electrons. The van der Waals surface area contributed by atoms with Crippen molar-refractivity contribution in [2.75, 3.05) is 0 Å². The minimum absolute atomic E-state index is 0.152. The molecule has 0 amide bonds. The van der Waals surface area contributed by atoms with E-state index in [1.165, 1.54) is 6.07 Å². The number of benzene rings is 1. The van der Waals surface area contributed by atoms with Crippen molar-refractivity contribution in [1.29, 1.82) is 0 Å². The zero-order valence-corrected chi connectivity index (χ0v) is 11.9. The summed E-state index contributed by atoms with van der Waals surface area (Å²) in [5.74, 6) is -1.06. The van der Waals surface area contributed by atoms with Crippen molar-refractivity contribution in [2.45, 2.75) is 25.9 Å². The smallest absolute Gasteiger partial charge is 0.416 e. The number of aryl methyl sites for hydroxylation is 1. The lowest BCUT2D eigenvalue weighted by atomic mass is 10.1. The molecular formula is C14H12F3NO2S. The number of thiazole rings is 1. The van der Waals surface area contributed by atoms with Gasteiger partial charge >= 0.3 is 12.1 Å². The van der Waals surface area contributed by atoms with Crippen LogP contribution in [-0.2, 0) is 19.0 Å². The Hall–Kier alpha value is -1.89. The maximum atomic E-state index is 12.6. The average molecular weight is 315 g/mol. The molecule has 112 valence electrons. The summed E-state index contributed by atoms with van der Waals surface area (Å²) in [5.41, 5.74) is 0.207. The van der Waals surface area contributed by atoms with E-state index >= 15 is 0 Å². The largest absolute Gasteiger partial charge is 0.477 e. The zero-order chi connectivity index (χ0) is 15.6. The monoisotopic (exact) mass is 315 g/mol. The van der Waals surface area contributed by atoms with Crippen molar-refractivity contribution in [3.8, 4) is 0 Å². The van der Waals surface area contributed by atoms with E-state index in [1.54, 1.807) is 13.0 Å². The van der Waals surface area contributed by atoms with Gasteiger partial charge in [0.1, 0.15) is 4.88 Å². The van der Waals surface area contributed by atoms with Gasteiger partial charge in [-0.3, -0.25) is 0 Å². The third kappa shape index (κ3) is 3.60. The van der Waals surface area contributed by atoms with Crippen LogP contribution >= 0.6 is 11.3 Å². The Morgan fingerprint density at radius 2 is 2.10 bits per heavy atom. The summed E-state index contributed by atoms with van der Waals surface area (Å²) in [4.78, 5) is 15.4. The standard InChI is InChI=1S/C14H12F3NO2S/c1-2-10-12(13(19)20)21-11(18-10)7-8-4-3-5-9(6-8)14(15,16)17/h3-6H,2,7H2,1H3,(H,19,20). The lowest BCUT2D eigenvalue weighted by Crippen LogP contribution is -2.05. The molecule has 0 aliphatic heterocycles. The Morgan fingerprint density at radius 3 is 2.62 bits per heavy atom. The molecule has 21 heavy (non-hydrogen) atoms. The van der Waals surface area contributed by atoms with Crippen LogP contribution in [0.1, 0.15) is 38.4 Å². The molecule has 1 aromatic heterocycles. The van der Waals surface area contributed by atoms with Gasteiger partial charge in [-0.15, -0.1) is 11.3 Å². The number of rotatable bonds is 4. The van der Waals surface area contributed by atoms with Crippen molar-refractivity contribution in [3.05, 3.63) is 51.0 Å². The second kappa shape index (κ2) is 5.85. The zero-order valence-electron chi connectivity index (χ0n) is 11.1. The Labute approximate surface area is 123 Å². The third-order valence-electron chi connectivity index (χ3n) is 2.88. The minimum atomic E-state index is -4.39. The van der Waals surface area contributed by atoms with Crippen molar-refractivity contribution >= 4 is 17.3 Å². The molecule has 1 heterocycles. The van der Waals surface area contributed by atoms with Crippen LogP contribution in [0.25, 0.3) is 0 Å². The molecule has 0 atom stereocenters. The average Bonchev–Trinajstić information content (AvgIpc) is 2.81. The van der Waals surface area contributed by atoms with E-state index in [2.05, 4.69) is 4.98 Å². The maximum Gasteiger partial charge on any atom is 0.416 e. The van der Waals surface area contributed by atoms with Crippen LogP contribution in [0.5, 0.6) is 0 Å². The van der Waals surface area contributed by atoms with E-state index in [1.807, 2.05) is 0 Å². The number of aromatic carboxylic acids is 1. The molecule has 1 N–H and O–H groups in total. The van der Waals surface area contributed by atoms with E-state index in [4.69, 9.17) is 5.11 Å². The van der Waals surface area contributed by atoms with Crippen molar-refractivity contribution < 1.29 is 23.1 Å². The first kappa shape index (κ1) is 15.5. The third-order valence-corrected chi connectivity index (χ3v) is 3.97. The van der Waals surface area contributed by atoms with Crippen LogP contribution in [0, 0.1) is 0 Å². The highest BCUT2D eigenvalue weighted by Crippen LogP contribution is 2.30. The van der Waals surface area contributed by atoms with Crippen LogP contribution in [0.15, 0.2) is 24.3 Å². The van der Waals surface area contributed by atoms with Gasteiger partial charge in [0.2, 0.25) is 0 Å². The molecule has 0 spiro atoms. The molecule has 0 aliphatic carbocycles. The molecule has 2 rings (SSSR count). The van der Waals surface area contributed by atoms with Crippen LogP contribution in [0.2, 0.25) is 0 Å². The number of halogens is 3. The fraction of sp³-hybridized carbons (Fsp3) is 0.286. The number of carboxylic acids is 1. The highest BCUT2D eigenvalue weighted by atomic mass is 32.1. The summed E-state index contributed by atoms with van der Waals surface area (Å²) >= 11 is 1.01. The van der Waals surface area contributed by atoms with Gasteiger partial charge in [-0.1, -0.05) is 25.1 Å². The number of carbonyl (C=O) groups is 1. The van der Waals surface area contributed by atoms with Gasteiger partial charge < -0.3 is 5.11 Å². The highest BCUT2D eigenvalue weighted by molar-refractivity contribution is 7.13. The second-order valence-electron chi connectivity index (χ2n) is 4.42. The number of nitrogens with zero attached hydrogens (tertiary/aromatic N) is 1. The summed E-state index contributed by atoms with van der Waals surface area (Å²) in [7, 11) is 0. The molecular weight excluding hydrogens is 303 g/mol. The highest BCUT2D eigenvalue weighted by Gasteiger charge is 2.30. The topological polar surface area (TPSA) is 50.2 Å². The fourth-order valence-electron chi connectivity index (χ4n) is 1.92. The summed E-state index contributed by atoms with van der Waals surface area (Å²) in [5, 5.41) is 9.55. The number of alkyl halides is 3. The van der Waals surface area contributed by atoms with Crippen LogP contribution in [0.4, 0.5) is 13.2 Å². The molecule has 0 bridgehead atoms. The van der Waals surface area contributed by atoms with Crippen molar-refractivity contribution in [1.82, 2.24) is 4.98 Å². The number of hydrogen-bond donors (Lipinski definition) is 1. The van der Waals surface area contributed by atoms with E-state index < -0.39 is 17.7 Å². The lowest BCUT2D eigenvalue weighted by Gasteiger charge is -2.07. The second-order valence-corrected chi connectivity index (χ2v) is 5.50. The summed E-state index contributed by atoms with van der Waals surface area (Å²) in [6.45, 7) is 1.79. The molecule has 3 nitrogen and oxygen atoms in total. The van der Waals surface area contributed by atoms with Gasteiger partial charge in [0.05, 0.1) is 16.3 Å². The molecule has 0 saturated carbocycles. The first-order valence-electron chi connectivity index (χ1n) is 6.19. The summed E-state index contributed by atoms with van der Waals surface area (Å²) in [6.07, 6.45) is -3.73. The molecule has 0 saturated heterocycles. The van der Waals surface area contributed by atoms with E-state index in [9.17, 15) is 18.0 Å². The Balaban J connectivity index is 2.28. The fourth-order valence-corrected chi connectivity index (χ4v) is 2.94. The summed E-state index contributed by atoms with van der Waals surface area (Å²) < 4.78 is 37.9. The summed E-state index contributed by atoms with van der Waals surface area (Å²) in [6, 6.07) is 4.98. The predicted octanol–water partition coefficient (Wildman–Crippen LogP) is 4.01. The Kier molecular flexibility index (Phi) is 4.32. The molecule has 2 aromatic rings. The van der Waals surface area contributed by atoms with Gasteiger partial charge in [-0.05, 0) is 18.1 Å². The van der Waals surface area contributed by atoms with Crippen LogP contribution < -0.4 is 0 Å². The predicted molar refractivity (Wildman–Crippen MR) is 72.7 cm³/mol.